The Balaban J connectivity index is 1.67. The molecule has 150 valence electrons. The van der Waals surface area contributed by atoms with E-state index in [0.29, 0.717) is 0 Å². The van der Waals surface area contributed by atoms with E-state index in [2.05, 4.69) is 70.7 Å². The SMILES string of the molecule is C=C1CCc2cc(NCCN(C)C)ccc2C=C1c1cn2cc(C)nc(C)c2n1. The summed E-state index contributed by atoms with van der Waals surface area (Å²) in [5.74, 6) is 0. The molecule has 29 heavy (non-hydrogen) atoms. The van der Waals surface area contributed by atoms with E-state index < -0.39 is 0 Å². The number of aromatic nitrogens is 3. The molecule has 1 aliphatic rings. The second-order valence-corrected chi connectivity index (χ2v) is 8.13. The Morgan fingerprint density at radius 1 is 1.14 bits per heavy atom. The molecule has 5 heteroatoms. The van der Waals surface area contributed by atoms with Gasteiger partial charge in [-0.25, -0.2) is 4.98 Å². The number of anilines is 1. The fourth-order valence-electron chi connectivity index (χ4n) is 3.86. The Bertz CT molecular complexity index is 1100. The minimum Gasteiger partial charge on any atom is -0.384 e. The van der Waals surface area contributed by atoms with Gasteiger partial charge in [0.25, 0.3) is 0 Å². The highest BCUT2D eigenvalue weighted by atomic mass is 15.1. The number of hydrogen-bond donors (Lipinski definition) is 1. The standard InChI is InChI=1S/C24H29N5/c1-16-6-7-19-12-21(25-10-11-28(4)5)9-8-20(19)13-22(16)23-15-29-14-17(2)26-18(3)24(29)27-23/h8-9,12-15,25H,1,6-7,10-11H2,2-5H3. The lowest BCUT2D eigenvalue weighted by Gasteiger charge is -2.13. The summed E-state index contributed by atoms with van der Waals surface area (Å²) < 4.78 is 2.07. The van der Waals surface area contributed by atoms with Crippen molar-refractivity contribution in [2.45, 2.75) is 26.7 Å². The zero-order chi connectivity index (χ0) is 20.5. The van der Waals surface area contributed by atoms with Crippen LogP contribution in [0.5, 0.6) is 0 Å². The number of nitrogens with zero attached hydrogens (tertiary/aromatic N) is 4. The molecular weight excluding hydrogens is 358 g/mol. The maximum absolute atomic E-state index is 4.87. The van der Waals surface area contributed by atoms with Crippen LogP contribution in [0.2, 0.25) is 0 Å². The zero-order valence-electron chi connectivity index (χ0n) is 17.8. The summed E-state index contributed by atoms with van der Waals surface area (Å²) in [6.45, 7) is 10.3. The summed E-state index contributed by atoms with van der Waals surface area (Å²) in [6.07, 6.45) is 8.29. The first-order valence-electron chi connectivity index (χ1n) is 10.2. The summed E-state index contributed by atoms with van der Waals surface area (Å²) in [6, 6.07) is 6.65. The van der Waals surface area contributed by atoms with E-state index in [1.54, 1.807) is 0 Å². The van der Waals surface area contributed by atoms with Crippen molar-refractivity contribution in [3.63, 3.8) is 0 Å². The third kappa shape index (κ3) is 4.10. The maximum Gasteiger partial charge on any atom is 0.158 e. The van der Waals surface area contributed by atoms with Crippen LogP contribution in [-0.2, 0) is 6.42 Å². The van der Waals surface area contributed by atoms with Crippen LogP contribution >= 0.6 is 0 Å². The minimum atomic E-state index is 0.907. The number of likely N-dealkylation sites (N-methyl/N-ethyl adjacent to an activating group) is 1. The number of allylic oxidation sites excluding steroid dienone is 2. The molecule has 4 rings (SSSR count). The van der Waals surface area contributed by atoms with Gasteiger partial charge in [-0.05, 0) is 75.7 Å². The van der Waals surface area contributed by atoms with Crippen LogP contribution in [0.3, 0.4) is 0 Å². The largest absolute Gasteiger partial charge is 0.384 e. The van der Waals surface area contributed by atoms with E-state index in [0.717, 1.165) is 59.8 Å². The lowest BCUT2D eigenvalue weighted by atomic mass is 10.0. The molecule has 0 fully saturated rings. The Labute approximate surface area is 172 Å². The summed E-state index contributed by atoms with van der Waals surface area (Å²) in [4.78, 5) is 11.6. The van der Waals surface area contributed by atoms with Crippen molar-refractivity contribution < 1.29 is 0 Å². The fraction of sp³-hybridized carbons (Fsp3) is 0.333. The van der Waals surface area contributed by atoms with Crippen LogP contribution in [0.25, 0.3) is 17.3 Å². The van der Waals surface area contributed by atoms with Gasteiger partial charge in [0.2, 0.25) is 0 Å². The van der Waals surface area contributed by atoms with Gasteiger partial charge in [0.15, 0.2) is 5.65 Å². The molecule has 1 aromatic carbocycles. The predicted molar refractivity (Wildman–Crippen MR) is 121 cm³/mol. The molecule has 0 saturated heterocycles. The topological polar surface area (TPSA) is 45.5 Å². The third-order valence-electron chi connectivity index (χ3n) is 5.41. The number of hydrogen-bond acceptors (Lipinski definition) is 4. The van der Waals surface area contributed by atoms with E-state index in [9.17, 15) is 0 Å². The van der Waals surface area contributed by atoms with Crippen LogP contribution in [0, 0.1) is 13.8 Å². The Morgan fingerprint density at radius 3 is 2.76 bits per heavy atom. The van der Waals surface area contributed by atoms with Gasteiger partial charge in [-0.15, -0.1) is 0 Å². The molecular formula is C24H29N5. The zero-order valence-corrected chi connectivity index (χ0v) is 17.8. The quantitative estimate of drug-likeness (QED) is 0.706. The van der Waals surface area contributed by atoms with Crippen molar-refractivity contribution in [3.05, 3.63) is 71.0 Å². The number of nitrogens with one attached hydrogen (secondary N) is 1. The van der Waals surface area contributed by atoms with Gasteiger partial charge in [0.05, 0.1) is 17.1 Å². The summed E-state index contributed by atoms with van der Waals surface area (Å²) in [5, 5.41) is 3.52. The first-order chi connectivity index (χ1) is 13.9. The Hall–Kier alpha value is -2.92. The molecule has 2 aromatic heterocycles. The van der Waals surface area contributed by atoms with Crippen LogP contribution in [0.1, 0.15) is 34.6 Å². The van der Waals surface area contributed by atoms with Crippen LogP contribution in [0.4, 0.5) is 5.69 Å². The second kappa shape index (κ2) is 7.84. The summed E-state index contributed by atoms with van der Waals surface area (Å²) in [5.41, 5.74) is 9.85. The molecule has 0 spiro atoms. The van der Waals surface area contributed by atoms with E-state index in [-0.39, 0.29) is 0 Å². The van der Waals surface area contributed by atoms with Gasteiger partial charge in [0, 0.05) is 36.7 Å². The molecule has 0 atom stereocenters. The van der Waals surface area contributed by atoms with Gasteiger partial charge in [0.1, 0.15) is 0 Å². The molecule has 0 unspecified atom stereocenters. The average Bonchev–Trinajstić information content (AvgIpc) is 3.01. The van der Waals surface area contributed by atoms with Gasteiger partial charge < -0.3 is 14.6 Å². The molecule has 1 aliphatic carbocycles. The molecule has 0 radical (unpaired) electrons. The number of benzene rings is 1. The molecule has 2 heterocycles. The summed E-state index contributed by atoms with van der Waals surface area (Å²) in [7, 11) is 4.18. The van der Waals surface area contributed by atoms with E-state index in [4.69, 9.17) is 4.98 Å². The minimum absolute atomic E-state index is 0.907. The van der Waals surface area contributed by atoms with Crippen molar-refractivity contribution in [2.24, 2.45) is 0 Å². The number of fused-ring (bicyclic) bond motifs is 2. The van der Waals surface area contributed by atoms with Crippen molar-refractivity contribution >= 4 is 23.0 Å². The second-order valence-electron chi connectivity index (χ2n) is 8.13. The first-order valence-corrected chi connectivity index (χ1v) is 10.2. The van der Waals surface area contributed by atoms with Crippen LogP contribution in [-0.4, -0.2) is 46.5 Å². The van der Waals surface area contributed by atoms with Crippen LogP contribution < -0.4 is 5.32 Å². The first kappa shape index (κ1) is 19.4. The smallest absolute Gasteiger partial charge is 0.158 e. The highest BCUT2D eigenvalue weighted by Crippen LogP contribution is 2.33. The van der Waals surface area contributed by atoms with Gasteiger partial charge in [-0.3, -0.25) is 4.98 Å². The molecule has 0 amide bonds. The summed E-state index contributed by atoms with van der Waals surface area (Å²) >= 11 is 0. The molecule has 1 N–H and O–H groups in total. The molecule has 0 saturated carbocycles. The normalized spacial score (nSPS) is 14.1. The average molecular weight is 388 g/mol. The fourth-order valence-corrected chi connectivity index (χ4v) is 3.86. The van der Waals surface area contributed by atoms with E-state index in [1.165, 1.54) is 16.8 Å². The number of imidazole rings is 1. The van der Waals surface area contributed by atoms with Crippen molar-refractivity contribution in [1.82, 2.24) is 19.3 Å². The molecule has 3 aromatic rings. The van der Waals surface area contributed by atoms with E-state index in [1.807, 2.05) is 20.0 Å². The monoisotopic (exact) mass is 387 g/mol. The van der Waals surface area contributed by atoms with Gasteiger partial charge >= 0.3 is 0 Å². The van der Waals surface area contributed by atoms with Crippen molar-refractivity contribution in [2.75, 3.05) is 32.5 Å². The van der Waals surface area contributed by atoms with Crippen molar-refractivity contribution in [1.29, 1.82) is 0 Å². The highest BCUT2D eigenvalue weighted by molar-refractivity contribution is 5.91. The molecule has 5 nitrogen and oxygen atoms in total. The lowest BCUT2D eigenvalue weighted by molar-refractivity contribution is 0.425. The number of aryl methyl sites for hydroxylation is 3. The maximum atomic E-state index is 4.87. The molecule has 0 bridgehead atoms. The third-order valence-corrected chi connectivity index (χ3v) is 5.41. The predicted octanol–water partition coefficient (Wildman–Crippen LogP) is 4.36. The van der Waals surface area contributed by atoms with E-state index >= 15 is 0 Å². The van der Waals surface area contributed by atoms with Gasteiger partial charge in [-0.2, -0.15) is 0 Å². The number of rotatable bonds is 5. The van der Waals surface area contributed by atoms with Crippen LogP contribution in [0.15, 0.2) is 42.7 Å². The van der Waals surface area contributed by atoms with Crippen molar-refractivity contribution in [3.8, 4) is 0 Å². The Kier molecular flexibility index (Phi) is 5.24. The highest BCUT2D eigenvalue weighted by Gasteiger charge is 2.17. The molecule has 0 aliphatic heterocycles. The Morgan fingerprint density at radius 2 is 1.97 bits per heavy atom. The lowest BCUT2D eigenvalue weighted by Crippen LogP contribution is -2.20. The van der Waals surface area contributed by atoms with Gasteiger partial charge in [-0.1, -0.05) is 12.6 Å².